The van der Waals surface area contributed by atoms with E-state index in [9.17, 15) is 4.79 Å². The van der Waals surface area contributed by atoms with Crippen LogP contribution in [-0.2, 0) is 4.79 Å². The zero-order chi connectivity index (χ0) is 10.7. The molecule has 2 heterocycles. The van der Waals surface area contributed by atoms with E-state index in [1.807, 2.05) is 4.90 Å². The molecule has 0 saturated carbocycles. The maximum Gasteiger partial charge on any atom is 0.222 e. The zero-order valence-corrected chi connectivity index (χ0v) is 9.74. The fourth-order valence-corrected chi connectivity index (χ4v) is 2.65. The number of hydrogen-bond acceptors (Lipinski definition) is 2. The third-order valence-electron chi connectivity index (χ3n) is 3.75. The highest BCUT2D eigenvalue weighted by molar-refractivity contribution is 5.77. The van der Waals surface area contributed by atoms with Crippen molar-refractivity contribution in [2.45, 2.75) is 45.1 Å². The van der Waals surface area contributed by atoms with Crippen LogP contribution in [-0.4, -0.2) is 47.9 Å². The van der Waals surface area contributed by atoms with Crippen molar-refractivity contribution in [2.24, 2.45) is 0 Å². The molecule has 86 valence electrons. The third kappa shape index (κ3) is 2.71. The van der Waals surface area contributed by atoms with Gasteiger partial charge >= 0.3 is 0 Å². The van der Waals surface area contributed by atoms with Crippen molar-refractivity contribution in [3.05, 3.63) is 0 Å². The molecule has 2 saturated heterocycles. The molecular weight excluding hydrogens is 188 g/mol. The highest BCUT2D eigenvalue weighted by Crippen LogP contribution is 2.16. The van der Waals surface area contributed by atoms with Crippen molar-refractivity contribution in [3.63, 3.8) is 0 Å². The van der Waals surface area contributed by atoms with Gasteiger partial charge in [0.15, 0.2) is 0 Å². The quantitative estimate of drug-likeness (QED) is 0.702. The molecule has 0 N–H and O–H groups in total. The van der Waals surface area contributed by atoms with Gasteiger partial charge in [-0.1, -0.05) is 0 Å². The molecule has 3 nitrogen and oxygen atoms in total. The summed E-state index contributed by atoms with van der Waals surface area (Å²) in [6.07, 6.45) is 5.70. The first kappa shape index (κ1) is 10.9. The molecule has 0 radical (unpaired) electrons. The fraction of sp³-hybridized carbons (Fsp3) is 0.917. The predicted molar refractivity (Wildman–Crippen MR) is 60.7 cm³/mol. The van der Waals surface area contributed by atoms with Crippen LogP contribution in [0.1, 0.15) is 39.0 Å². The summed E-state index contributed by atoms with van der Waals surface area (Å²) in [7, 11) is 0. The van der Waals surface area contributed by atoms with Crippen LogP contribution in [0.25, 0.3) is 0 Å². The molecule has 2 fully saturated rings. The largest absolute Gasteiger partial charge is 0.343 e. The Morgan fingerprint density at radius 2 is 1.93 bits per heavy atom. The van der Waals surface area contributed by atoms with Crippen molar-refractivity contribution >= 4 is 5.91 Å². The van der Waals surface area contributed by atoms with Gasteiger partial charge in [-0.2, -0.15) is 0 Å². The number of carbonyl (C=O) groups excluding carboxylic acids is 1. The lowest BCUT2D eigenvalue weighted by Gasteiger charge is -2.26. The Hall–Kier alpha value is -0.570. The average Bonchev–Trinajstić information content (AvgIpc) is 2.85. The molecule has 1 unspecified atom stereocenters. The summed E-state index contributed by atoms with van der Waals surface area (Å²) in [5.41, 5.74) is 0. The van der Waals surface area contributed by atoms with E-state index in [1.165, 1.54) is 25.9 Å². The molecule has 2 aliphatic heterocycles. The molecule has 2 rings (SSSR count). The van der Waals surface area contributed by atoms with Gasteiger partial charge in [0.25, 0.3) is 0 Å². The number of likely N-dealkylation sites (tertiary alicyclic amines) is 2. The molecule has 0 aromatic carbocycles. The molecule has 1 amide bonds. The zero-order valence-electron chi connectivity index (χ0n) is 9.74. The van der Waals surface area contributed by atoms with Crippen LogP contribution in [0.2, 0.25) is 0 Å². The van der Waals surface area contributed by atoms with Gasteiger partial charge in [-0.05, 0) is 45.7 Å². The minimum absolute atomic E-state index is 0.364. The fourth-order valence-electron chi connectivity index (χ4n) is 2.65. The van der Waals surface area contributed by atoms with E-state index < -0.39 is 0 Å². The normalized spacial score (nSPS) is 25.1. The first-order valence-corrected chi connectivity index (χ1v) is 6.29. The van der Waals surface area contributed by atoms with Gasteiger partial charge < -0.3 is 9.80 Å². The van der Waals surface area contributed by atoms with Crippen LogP contribution in [0.4, 0.5) is 0 Å². The molecule has 0 aliphatic carbocycles. The Labute approximate surface area is 92.4 Å². The Kier molecular flexibility index (Phi) is 3.62. The Bertz CT molecular complexity index is 224. The topological polar surface area (TPSA) is 23.6 Å². The van der Waals surface area contributed by atoms with Crippen LogP contribution in [0.15, 0.2) is 0 Å². The number of amides is 1. The van der Waals surface area contributed by atoms with E-state index in [2.05, 4.69) is 11.8 Å². The summed E-state index contributed by atoms with van der Waals surface area (Å²) in [6.45, 7) is 6.78. The molecule has 0 aromatic heterocycles. The van der Waals surface area contributed by atoms with E-state index >= 15 is 0 Å². The molecule has 0 bridgehead atoms. The van der Waals surface area contributed by atoms with Crippen LogP contribution in [0.5, 0.6) is 0 Å². The summed E-state index contributed by atoms with van der Waals surface area (Å²) in [4.78, 5) is 16.0. The van der Waals surface area contributed by atoms with Gasteiger partial charge in [0.1, 0.15) is 0 Å². The van der Waals surface area contributed by atoms with Gasteiger partial charge in [-0.15, -0.1) is 0 Å². The standard InChI is InChI=1S/C12H22N2O/c1-11(13-7-2-3-8-13)6-10-14-9-4-5-12(14)15/h11H,2-10H2,1H3. The minimum atomic E-state index is 0.364. The van der Waals surface area contributed by atoms with Gasteiger partial charge in [0.2, 0.25) is 5.91 Å². The van der Waals surface area contributed by atoms with Crippen molar-refractivity contribution in [1.82, 2.24) is 9.80 Å². The summed E-state index contributed by atoms with van der Waals surface area (Å²) < 4.78 is 0. The van der Waals surface area contributed by atoms with Gasteiger partial charge in [-0.3, -0.25) is 4.79 Å². The van der Waals surface area contributed by atoms with Gasteiger partial charge in [-0.25, -0.2) is 0 Å². The lowest BCUT2D eigenvalue weighted by Crippen LogP contribution is -2.35. The Balaban J connectivity index is 1.70. The van der Waals surface area contributed by atoms with Crippen molar-refractivity contribution in [3.8, 4) is 0 Å². The number of hydrogen-bond donors (Lipinski definition) is 0. The highest BCUT2D eigenvalue weighted by atomic mass is 16.2. The molecule has 2 aliphatic rings. The molecule has 15 heavy (non-hydrogen) atoms. The van der Waals surface area contributed by atoms with E-state index in [-0.39, 0.29) is 0 Å². The van der Waals surface area contributed by atoms with Crippen molar-refractivity contribution < 1.29 is 4.79 Å². The molecule has 3 heteroatoms. The Morgan fingerprint density at radius 1 is 1.20 bits per heavy atom. The highest BCUT2D eigenvalue weighted by Gasteiger charge is 2.22. The van der Waals surface area contributed by atoms with E-state index in [0.717, 1.165) is 32.4 Å². The first-order valence-electron chi connectivity index (χ1n) is 6.29. The molecule has 0 spiro atoms. The monoisotopic (exact) mass is 210 g/mol. The van der Waals surface area contributed by atoms with E-state index in [4.69, 9.17) is 0 Å². The third-order valence-corrected chi connectivity index (χ3v) is 3.75. The summed E-state index contributed by atoms with van der Waals surface area (Å²) >= 11 is 0. The lowest BCUT2D eigenvalue weighted by atomic mass is 10.2. The van der Waals surface area contributed by atoms with Crippen LogP contribution < -0.4 is 0 Å². The predicted octanol–water partition coefficient (Wildman–Crippen LogP) is 1.48. The van der Waals surface area contributed by atoms with Crippen LogP contribution >= 0.6 is 0 Å². The van der Waals surface area contributed by atoms with Crippen LogP contribution in [0, 0.1) is 0 Å². The smallest absolute Gasteiger partial charge is 0.222 e. The SMILES string of the molecule is CC(CCN1CCCC1=O)N1CCCC1. The number of rotatable bonds is 4. The maximum absolute atomic E-state index is 11.4. The van der Waals surface area contributed by atoms with Crippen LogP contribution in [0.3, 0.4) is 0 Å². The van der Waals surface area contributed by atoms with Gasteiger partial charge in [0, 0.05) is 25.6 Å². The number of nitrogens with zero attached hydrogens (tertiary/aromatic N) is 2. The summed E-state index contributed by atoms with van der Waals surface area (Å²) in [6, 6.07) is 0.654. The second-order valence-electron chi connectivity index (χ2n) is 4.87. The van der Waals surface area contributed by atoms with E-state index in [1.54, 1.807) is 0 Å². The van der Waals surface area contributed by atoms with E-state index in [0.29, 0.717) is 11.9 Å². The summed E-state index contributed by atoms with van der Waals surface area (Å²) in [5.74, 6) is 0.364. The molecular formula is C12H22N2O. The minimum Gasteiger partial charge on any atom is -0.343 e. The first-order chi connectivity index (χ1) is 7.27. The number of carbonyl (C=O) groups is 1. The maximum atomic E-state index is 11.4. The second kappa shape index (κ2) is 4.97. The summed E-state index contributed by atoms with van der Waals surface area (Å²) in [5, 5.41) is 0. The average molecular weight is 210 g/mol. The van der Waals surface area contributed by atoms with Crippen molar-refractivity contribution in [1.29, 1.82) is 0 Å². The molecule has 1 atom stereocenters. The van der Waals surface area contributed by atoms with Crippen molar-refractivity contribution in [2.75, 3.05) is 26.2 Å². The van der Waals surface area contributed by atoms with Gasteiger partial charge in [0.05, 0.1) is 0 Å². The molecule has 0 aromatic rings. The lowest BCUT2D eigenvalue weighted by molar-refractivity contribution is -0.127. The Morgan fingerprint density at radius 3 is 2.53 bits per heavy atom. The second-order valence-corrected chi connectivity index (χ2v) is 4.87.